The highest BCUT2D eigenvalue weighted by molar-refractivity contribution is 4.95. The van der Waals surface area contributed by atoms with Crippen LogP contribution in [-0.2, 0) is 0 Å². The van der Waals surface area contributed by atoms with Gasteiger partial charge in [-0.3, -0.25) is 0 Å². The van der Waals surface area contributed by atoms with Crippen molar-refractivity contribution in [3.8, 4) is 0 Å². The van der Waals surface area contributed by atoms with Crippen LogP contribution in [0.2, 0.25) is 0 Å². The predicted molar refractivity (Wildman–Crippen MR) is 58.1 cm³/mol. The smallest absolute Gasteiger partial charge is 0.0474 e. The van der Waals surface area contributed by atoms with Crippen LogP contribution in [0.25, 0.3) is 0 Å². The van der Waals surface area contributed by atoms with E-state index < -0.39 is 0 Å². The predicted octanol–water partition coefficient (Wildman–Crippen LogP) is 1.78. The van der Waals surface area contributed by atoms with Crippen LogP contribution in [0, 0.1) is 17.8 Å². The Morgan fingerprint density at radius 3 is 2.21 bits per heavy atom. The van der Waals surface area contributed by atoms with Crippen molar-refractivity contribution in [1.29, 1.82) is 0 Å². The second-order valence-electron chi connectivity index (χ2n) is 5.57. The molecule has 2 aliphatic carbocycles. The Morgan fingerprint density at radius 1 is 1.07 bits per heavy atom. The molecule has 14 heavy (non-hydrogen) atoms. The van der Waals surface area contributed by atoms with Crippen molar-refractivity contribution in [3.05, 3.63) is 0 Å². The maximum Gasteiger partial charge on any atom is 0.0474 e. The molecular weight excluding hydrogens is 174 g/mol. The van der Waals surface area contributed by atoms with Gasteiger partial charge in [0, 0.05) is 18.7 Å². The van der Waals surface area contributed by atoms with Crippen molar-refractivity contribution < 1.29 is 5.11 Å². The van der Waals surface area contributed by atoms with Crippen molar-refractivity contribution in [1.82, 2.24) is 5.32 Å². The average molecular weight is 197 g/mol. The zero-order valence-electron chi connectivity index (χ0n) is 9.37. The third-order valence-electron chi connectivity index (χ3n) is 3.79. The molecular formula is C12H23NO. The van der Waals surface area contributed by atoms with Crippen LogP contribution < -0.4 is 5.32 Å². The third-order valence-corrected chi connectivity index (χ3v) is 3.79. The number of rotatable bonds is 3. The first kappa shape index (κ1) is 10.4. The van der Waals surface area contributed by atoms with Gasteiger partial charge < -0.3 is 10.4 Å². The van der Waals surface area contributed by atoms with Gasteiger partial charge in [-0.25, -0.2) is 0 Å². The third kappa shape index (κ3) is 2.48. The van der Waals surface area contributed by atoms with E-state index in [0.717, 1.165) is 17.9 Å². The van der Waals surface area contributed by atoms with E-state index in [9.17, 15) is 0 Å². The Balaban J connectivity index is 1.75. The highest BCUT2D eigenvalue weighted by Gasteiger charge is 2.38. The Bertz CT molecular complexity index is 185. The second kappa shape index (κ2) is 4.19. The van der Waals surface area contributed by atoms with Gasteiger partial charge in [-0.15, -0.1) is 0 Å². The lowest BCUT2D eigenvalue weighted by molar-refractivity contribution is 0.227. The molecule has 2 fully saturated rings. The highest BCUT2D eigenvalue weighted by Crippen LogP contribution is 2.34. The number of aliphatic hydroxyl groups excluding tert-OH is 1. The molecule has 0 saturated heterocycles. The van der Waals surface area contributed by atoms with Gasteiger partial charge in [0.15, 0.2) is 0 Å². The number of hydrogen-bond donors (Lipinski definition) is 2. The lowest BCUT2D eigenvalue weighted by Gasteiger charge is -2.32. The van der Waals surface area contributed by atoms with E-state index >= 15 is 0 Å². The van der Waals surface area contributed by atoms with E-state index in [1.165, 1.54) is 25.7 Å². The summed E-state index contributed by atoms with van der Waals surface area (Å²) in [5.41, 5.74) is 0. The minimum Gasteiger partial charge on any atom is -0.396 e. The lowest BCUT2D eigenvalue weighted by atomic mass is 9.80. The number of hydrogen-bond acceptors (Lipinski definition) is 2. The average Bonchev–Trinajstić information content (AvgIpc) is 2.81. The summed E-state index contributed by atoms with van der Waals surface area (Å²) in [4.78, 5) is 0. The Morgan fingerprint density at radius 2 is 1.71 bits per heavy atom. The van der Waals surface area contributed by atoms with Crippen LogP contribution in [-0.4, -0.2) is 23.8 Å². The Labute approximate surface area is 87.1 Å². The van der Waals surface area contributed by atoms with Gasteiger partial charge >= 0.3 is 0 Å². The van der Waals surface area contributed by atoms with E-state index in [1.807, 2.05) is 0 Å². The van der Waals surface area contributed by atoms with Gasteiger partial charge in [-0.1, -0.05) is 13.8 Å². The van der Waals surface area contributed by atoms with Gasteiger partial charge in [0.05, 0.1) is 0 Å². The van der Waals surface area contributed by atoms with E-state index in [0.29, 0.717) is 18.6 Å². The molecule has 0 aromatic heterocycles. The molecule has 2 heteroatoms. The lowest BCUT2D eigenvalue weighted by Crippen LogP contribution is -2.38. The molecule has 0 bridgehead atoms. The minimum absolute atomic E-state index is 0.371. The largest absolute Gasteiger partial charge is 0.396 e. The summed E-state index contributed by atoms with van der Waals surface area (Å²) in [7, 11) is 0. The van der Waals surface area contributed by atoms with E-state index in [-0.39, 0.29) is 0 Å². The molecule has 2 aliphatic rings. The van der Waals surface area contributed by atoms with Crippen molar-refractivity contribution in [3.63, 3.8) is 0 Å². The first-order valence-electron chi connectivity index (χ1n) is 6.06. The molecule has 2 nitrogen and oxygen atoms in total. The van der Waals surface area contributed by atoms with E-state index in [4.69, 9.17) is 5.11 Å². The molecule has 2 saturated carbocycles. The zero-order valence-corrected chi connectivity index (χ0v) is 9.37. The fourth-order valence-electron chi connectivity index (χ4n) is 3.04. The summed E-state index contributed by atoms with van der Waals surface area (Å²) in [5, 5.41) is 12.7. The van der Waals surface area contributed by atoms with Gasteiger partial charge in [-0.2, -0.15) is 0 Å². The summed E-state index contributed by atoms with van der Waals surface area (Å²) < 4.78 is 0. The summed E-state index contributed by atoms with van der Waals surface area (Å²) in [5.74, 6) is 2.31. The van der Waals surface area contributed by atoms with Crippen LogP contribution in [0.5, 0.6) is 0 Å². The monoisotopic (exact) mass is 197 g/mol. The molecule has 0 aromatic carbocycles. The van der Waals surface area contributed by atoms with Gasteiger partial charge in [-0.05, 0) is 43.4 Å². The fourth-order valence-corrected chi connectivity index (χ4v) is 3.04. The van der Waals surface area contributed by atoms with Crippen molar-refractivity contribution >= 4 is 0 Å². The maximum absolute atomic E-state index is 8.97. The zero-order chi connectivity index (χ0) is 10.1. The van der Waals surface area contributed by atoms with Crippen LogP contribution in [0.15, 0.2) is 0 Å². The molecule has 0 heterocycles. The molecule has 2 N–H and O–H groups in total. The summed E-state index contributed by atoms with van der Waals surface area (Å²) in [6.45, 7) is 5.09. The Hall–Kier alpha value is -0.0800. The molecule has 0 amide bonds. The molecule has 82 valence electrons. The molecule has 2 rings (SSSR count). The standard InChI is InChI=1S/C12H23NO/c1-8-3-9(2)5-11(4-8)13-12-6-10(12)7-14/h8-14H,3-7H2,1-2H3/t8?,9?,10-,11?,12+/m0/s1. The van der Waals surface area contributed by atoms with Crippen molar-refractivity contribution in [2.24, 2.45) is 17.8 Å². The second-order valence-corrected chi connectivity index (χ2v) is 5.57. The van der Waals surface area contributed by atoms with Crippen LogP contribution in [0.4, 0.5) is 0 Å². The van der Waals surface area contributed by atoms with Gasteiger partial charge in [0.2, 0.25) is 0 Å². The maximum atomic E-state index is 8.97. The molecule has 2 unspecified atom stereocenters. The highest BCUT2D eigenvalue weighted by atomic mass is 16.3. The van der Waals surface area contributed by atoms with Gasteiger partial charge in [0.25, 0.3) is 0 Å². The first-order valence-corrected chi connectivity index (χ1v) is 6.06. The molecule has 0 aliphatic heterocycles. The molecule has 0 spiro atoms. The fraction of sp³-hybridized carbons (Fsp3) is 1.00. The summed E-state index contributed by atoms with van der Waals surface area (Å²) in [6.07, 6.45) is 5.25. The molecule has 0 radical (unpaired) electrons. The summed E-state index contributed by atoms with van der Waals surface area (Å²) >= 11 is 0. The van der Waals surface area contributed by atoms with Gasteiger partial charge in [0.1, 0.15) is 0 Å². The number of aliphatic hydroxyl groups is 1. The summed E-state index contributed by atoms with van der Waals surface area (Å²) in [6, 6.07) is 1.35. The van der Waals surface area contributed by atoms with Crippen LogP contribution in [0.3, 0.4) is 0 Å². The minimum atomic E-state index is 0.371. The molecule has 0 aromatic rings. The van der Waals surface area contributed by atoms with Crippen molar-refractivity contribution in [2.45, 2.75) is 51.6 Å². The van der Waals surface area contributed by atoms with E-state index in [2.05, 4.69) is 19.2 Å². The van der Waals surface area contributed by atoms with Crippen LogP contribution >= 0.6 is 0 Å². The topological polar surface area (TPSA) is 32.3 Å². The quantitative estimate of drug-likeness (QED) is 0.723. The van der Waals surface area contributed by atoms with E-state index in [1.54, 1.807) is 0 Å². The first-order chi connectivity index (χ1) is 6.69. The normalized spacial score (nSPS) is 47.8. The Kier molecular flexibility index (Phi) is 3.13. The molecule has 4 atom stereocenters. The van der Waals surface area contributed by atoms with Crippen LogP contribution in [0.1, 0.15) is 39.5 Å². The SMILES string of the molecule is CC1CC(C)CC(N[C@@H]2C[C@H]2CO)C1. The number of nitrogens with one attached hydrogen (secondary N) is 1. The van der Waals surface area contributed by atoms with Crippen molar-refractivity contribution in [2.75, 3.05) is 6.61 Å².